The fraction of sp³-hybridized carbons (Fsp3) is 0.412. The van der Waals surface area contributed by atoms with Gasteiger partial charge in [0.1, 0.15) is 0 Å². The molecule has 2 aromatic rings. The summed E-state index contributed by atoms with van der Waals surface area (Å²) < 4.78 is 5.69. The summed E-state index contributed by atoms with van der Waals surface area (Å²) in [4.78, 5) is 18.3. The van der Waals surface area contributed by atoms with E-state index in [1.54, 1.807) is 6.20 Å². The molecule has 2 heterocycles. The van der Waals surface area contributed by atoms with Crippen molar-refractivity contribution in [3.63, 3.8) is 0 Å². The number of rotatable bonds is 3. The minimum absolute atomic E-state index is 0.0355. The number of benzene rings is 1. The molecule has 2 amide bonds. The van der Waals surface area contributed by atoms with Gasteiger partial charge >= 0.3 is 6.03 Å². The van der Waals surface area contributed by atoms with Crippen LogP contribution in [0.25, 0.3) is 11.3 Å². The van der Waals surface area contributed by atoms with Gasteiger partial charge in [-0.1, -0.05) is 30.3 Å². The summed E-state index contributed by atoms with van der Waals surface area (Å²) >= 11 is 0. The molecule has 0 saturated carbocycles. The van der Waals surface area contributed by atoms with E-state index in [1.165, 1.54) is 6.42 Å². The number of nitrogens with one attached hydrogen (secondary N) is 1. The highest BCUT2D eigenvalue weighted by Crippen LogP contribution is 2.20. The molecule has 3 rings (SSSR count). The van der Waals surface area contributed by atoms with Gasteiger partial charge in [0, 0.05) is 18.2 Å². The summed E-state index contributed by atoms with van der Waals surface area (Å²) in [7, 11) is 0. The molecule has 1 atom stereocenters. The number of hydrogen-bond acceptors (Lipinski definition) is 3. The van der Waals surface area contributed by atoms with E-state index in [0.29, 0.717) is 18.5 Å². The lowest BCUT2D eigenvalue weighted by atomic mass is 10.0. The maximum atomic E-state index is 12.2. The third-order valence-electron chi connectivity index (χ3n) is 4.07. The molecule has 0 radical (unpaired) electrons. The summed E-state index contributed by atoms with van der Waals surface area (Å²) in [6.45, 7) is 3.24. The quantitative estimate of drug-likeness (QED) is 0.944. The average molecular weight is 299 g/mol. The molecule has 22 heavy (non-hydrogen) atoms. The second-order valence-electron chi connectivity index (χ2n) is 5.68. The molecule has 116 valence electrons. The molecule has 5 nitrogen and oxygen atoms in total. The van der Waals surface area contributed by atoms with Crippen LogP contribution in [-0.2, 0) is 6.54 Å². The zero-order chi connectivity index (χ0) is 15.4. The van der Waals surface area contributed by atoms with E-state index in [-0.39, 0.29) is 6.03 Å². The third-order valence-corrected chi connectivity index (χ3v) is 4.07. The normalized spacial score (nSPS) is 18.2. The number of nitrogens with zero attached hydrogens (tertiary/aromatic N) is 2. The molecule has 1 aromatic heterocycles. The predicted molar refractivity (Wildman–Crippen MR) is 84.2 cm³/mol. The molecule has 1 aliphatic heterocycles. The van der Waals surface area contributed by atoms with Crippen molar-refractivity contribution in [1.82, 2.24) is 15.2 Å². The van der Waals surface area contributed by atoms with Crippen molar-refractivity contribution in [2.24, 2.45) is 0 Å². The highest BCUT2D eigenvalue weighted by atomic mass is 16.4. The molecule has 0 spiro atoms. The third kappa shape index (κ3) is 3.30. The van der Waals surface area contributed by atoms with Crippen molar-refractivity contribution in [1.29, 1.82) is 0 Å². The van der Waals surface area contributed by atoms with Crippen LogP contribution in [0, 0.1) is 0 Å². The Morgan fingerprint density at radius 1 is 1.36 bits per heavy atom. The molecule has 1 unspecified atom stereocenters. The molecular weight excluding hydrogens is 278 g/mol. The predicted octanol–water partition coefficient (Wildman–Crippen LogP) is 3.43. The highest BCUT2D eigenvalue weighted by molar-refractivity contribution is 5.74. The van der Waals surface area contributed by atoms with Gasteiger partial charge in [0.2, 0.25) is 5.89 Å². The molecule has 0 aliphatic carbocycles. The van der Waals surface area contributed by atoms with Crippen LogP contribution < -0.4 is 5.32 Å². The van der Waals surface area contributed by atoms with E-state index in [2.05, 4.69) is 17.2 Å². The number of aromatic nitrogens is 1. The Labute approximate surface area is 130 Å². The topological polar surface area (TPSA) is 58.4 Å². The minimum atomic E-state index is -0.0355. The second kappa shape index (κ2) is 6.64. The van der Waals surface area contributed by atoms with Crippen LogP contribution >= 0.6 is 0 Å². The Morgan fingerprint density at radius 2 is 2.18 bits per heavy atom. The smallest absolute Gasteiger partial charge is 0.318 e. The standard InChI is InChI=1S/C17H21N3O2/c1-13-7-5-6-10-20(13)17(21)19-12-16-18-11-15(22-16)14-8-3-2-4-9-14/h2-4,8-9,11,13H,5-7,10,12H2,1H3,(H,19,21). The largest absolute Gasteiger partial charge is 0.439 e. The van der Waals surface area contributed by atoms with Gasteiger partial charge in [-0.15, -0.1) is 0 Å². The second-order valence-corrected chi connectivity index (χ2v) is 5.68. The number of carbonyl (C=O) groups is 1. The van der Waals surface area contributed by atoms with E-state index >= 15 is 0 Å². The van der Waals surface area contributed by atoms with E-state index in [9.17, 15) is 4.79 Å². The maximum Gasteiger partial charge on any atom is 0.318 e. The summed E-state index contributed by atoms with van der Waals surface area (Å²) in [6.07, 6.45) is 5.05. The first-order valence-corrected chi connectivity index (χ1v) is 7.78. The SMILES string of the molecule is CC1CCCCN1C(=O)NCc1ncc(-c2ccccc2)o1. The first-order chi connectivity index (χ1) is 10.7. The molecule has 0 bridgehead atoms. The zero-order valence-corrected chi connectivity index (χ0v) is 12.8. The van der Waals surface area contributed by atoms with E-state index in [0.717, 1.165) is 30.7 Å². The number of carbonyl (C=O) groups excluding carboxylic acids is 1. The van der Waals surface area contributed by atoms with Crippen LogP contribution in [0.3, 0.4) is 0 Å². The van der Waals surface area contributed by atoms with Gasteiger partial charge in [-0.25, -0.2) is 9.78 Å². The molecule has 1 aromatic carbocycles. The Hall–Kier alpha value is -2.30. The van der Waals surface area contributed by atoms with Gasteiger partial charge in [0.15, 0.2) is 5.76 Å². The summed E-state index contributed by atoms with van der Waals surface area (Å²) in [5.74, 6) is 1.24. The number of amides is 2. The van der Waals surface area contributed by atoms with Crippen LogP contribution in [0.1, 0.15) is 32.1 Å². The molecule has 1 N–H and O–H groups in total. The van der Waals surface area contributed by atoms with Crippen molar-refractivity contribution in [2.75, 3.05) is 6.54 Å². The van der Waals surface area contributed by atoms with E-state index in [4.69, 9.17) is 4.42 Å². The monoisotopic (exact) mass is 299 g/mol. The number of likely N-dealkylation sites (tertiary alicyclic amines) is 1. The number of piperidine rings is 1. The Kier molecular flexibility index (Phi) is 4.42. The minimum Gasteiger partial charge on any atom is -0.439 e. The van der Waals surface area contributed by atoms with Gasteiger partial charge in [-0.3, -0.25) is 0 Å². The lowest BCUT2D eigenvalue weighted by Crippen LogP contribution is -2.47. The molecule has 5 heteroatoms. The van der Waals surface area contributed by atoms with Crippen LogP contribution in [-0.4, -0.2) is 28.5 Å². The fourth-order valence-electron chi connectivity index (χ4n) is 2.78. The van der Waals surface area contributed by atoms with Crippen LogP contribution in [0.15, 0.2) is 40.9 Å². The van der Waals surface area contributed by atoms with Gasteiger partial charge < -0.3 is 14.6 Å². The van der Waals surface area contributed by atoms with Crippen LogP contribution in [0.5, 0.6) is 0 Å². The van der Waals surface area contributed by atoms with Gasteiger partial charge in [0.05, 0.1) is 12.7 Å². The Morgan fingerprint density at radius 3 is 2.95 bits per heavy atom. The molecule has 1 aliphatic rings. The van der Waals surface area contributed by atoms with Crippen LogP contribution in [0.4, 0.5) is 4.79 Å². The molecular formula is C17H21N3O2. The van der Waals surface area contributed by atoms with Crippen molar-refractivity contribution >= 4 is 6.03 Å². The van der Waals surface area contributed by atoms with Crippen molar-refractivity contribution in [2.45, 2.75) is 38.8 Å². The Bertz CT molecular complexity index is 624. The molecule has 1 saturated heterocycles. The summed E-state index contributed by atoms with van der Waals surface area (Å²) in [5, 5.41) is 2.89. The number of oxazole rings is 1. The summed E-state index contributed by atoms with van der Waals surface area (Å²) in [6, 6.07) is 10.1. The van der Waals surface area contributed by atoms with E-state index in [1.807, 2.05) is 35.2 Å². The van der Waals surface area contributed by atoms with Crippen molar-refractivity contribution in [3.05, 3.63) is 42.4 Å². The summed E-state index contributed by atoms with van der Waals surface area (Å²) in [5.41, 5.74) is 0.984. The number of urea groups is 1. The highest BCUT2D eigenvalue weighted by Gasteiger charge is 2.23. The fourth-order valence-corrected chi connectivity index (χ4v) is 2.78. The van der Waals surface area contributed by atoms with E-state index < -0.39 is 0 Å². The van der Waals surface area contributed by atoms with Gasteiger partial charge in [-0.05, 0) is 26.2 Å². The first-order valence-electron chi connectivity index (χ1n) is 7.78. The Balaban J connectivity index is 1.58. The van der Waals surface area contributed by atoms with Crippen molar-refractivity contribution < 1.29 is 9.21 Å². The lowest BCUT2D eigenvalue weighted by Gasteiger charge is -2.33. The lowest BCUT2D eigenvalue weighted by molar-refractivity contribution is 0.157. The van der Waals surface area contributed by atoms with Crippen LogP contribution in [0.2, 0.25) is 0 Å². The number of hydrogen-bond donors (Lipinski definition) is 1. The average Bonchev–Trinajstić information content (AvgIpc) is 3.03. The zero-order valence-electron chi connectivity index (χ0n) is 12.8. The first kappa shape index (κ1) is 14.6. The van der Waals surface area contributed by atoms with Crippen molar-refractivity contribution in [3.8, 4) is 11.3 Å². The maximum absolute atomic E-state index is 12.2. The van der Waals surface area contributed by atoms with Gasteiger partial charge in [-0.2, -0.15) is 0 Å². The molecule has 1 fully saturated rings. The van der Waals surface area contributed by atoms with Gasteiger partial charge in [0.25, 0.3) is 0 Å².